The number of halogens is 5. The minimum absolute atomic E-state index is 0.0227. The lowest BCUT2D eigenvalue weighted by Crippen LogP contribution is -2.14. The number of amides is 1. The van der Waals surface area contributed by atoms with Gasteiger partial charge < -0.3 is 5.32 Å². The summed E-state index contributed by atoms with van der Waals surface area (Å²) in [6, 6.07) is 20.0. The summed E-state index contributed by atoms with van der Waals surface area (Å²) in [6.45, 7) is 0. The molecule has 3 aromatic carbocycles. The molecule has 2 heterocycles. The van der Waals surface area contributed by atoms with Crippen molar-refractivity contribution in [3.63, 3.8) is 0 Å². The average molecular weight is 621 g/mol. The zero-order valence-corrected chi connectivity index (χ0v) is 23.5. The Kier molecular flexibility index (Phi) is 8.46. The Hall–Kier alpha value is -3.38. The average Bonchev–Trinajstić information content (AvgIpc) is 3.56. The third-order valence-electron chi connectivity index (χ3n) is 5.62. The first-order valence-corrected chi connectivity index (χ1v) is 14.2. The summed E-state index contributed by atoms with van der Waals surface area (Å²) in [5.74, 6) is 0.313. The Balaban J connectivity index is 1.28. The van der Waals surface area contributed by atoms with Gasteiger partial charge in [-0.25, -0.2) is 4.98 Å². The van der Waals surface area contributed by atoms with Crippen molar-refractivity contribution in [1.29, 1.82) is 0 Å². The van der Waals surface area contributed by atoms with E-state index in [1.165, 1.54) is 24.0 Å². The minimum atomic E-state index is -4.47. The molecule has 5 aromatic rings. The van der Waals surface area contributed by atoms with E-state index in [2.05, 4.69) is 20.5 Å². The monoisotopic (exact) mass is 619 g/mol. The highest BCUT2D eigenvalue weighted by atomic mass is 35.5. The molecule has 0 radical (unpaired) electrons. The number of carbonyl (C=O) groups is 1. The second kappa shape index (κ2) is 12.0. The van der Waals surface area contributed by atoms with Gasteiger partial charge in [-0.3, -0.25) is 9.36 Å². The molecular formula is C27H18Cl2F3N5OS2. The van der Waals surface area contributed by atoms with Gasteiger partial charge in [-0.2, -0.15) is 13.2 Å². The maximum absolute atomic E-state index is 13.1. The lowest BCUT2D eigenvalue weighted by atomic mass is 10.1. The van der Waals surface area contributed by atoms with Crippen LogP contribution in [0.1, 0.15) is 16.0 Å². The molecule has 0 unspecified atom stereocenters. The molecule has 1 amide bonds. The molecule has 0 spiro atoms. The zero-order chi connectivity index (χ0) is 28.3. The summed E-state index contributed by atoms with van der Waals surface area (Å²) < 4.78 is 41.1. The number of aromatic nitrogens is 4. The van der Waals surface area contributed by atoms with E-state index in [0.717, 1.165) is 34.7 Å². The number of benzene rings is 3. The van der Waals surface area contributed by atoms with Gasteiger partial charge >= 0.3 is 6.18 Å². The van der Waals surface area contributed by atoms with Crippen molar-refractivity contribution in [2.24, 2.45) is 0 Å². The number of hydrogen-bond donors (Lipinski definition) is 1. The van der Waals surface area contributed by atoms with E-state index in [1.54, 1.807) is 12.1 Å². The van der Waals surface area contributed by atoms with E-state index in [9.17, 15) is 18.0 Å². The molecule has 0 aliphatic carbocycles. The Labute approximate surface area is 245 Å². The molecule has 0 aliphatic heterocycles. The van der Waals surface area contributed by atoms with Gasteiger partial charge in [0.25, 0.3) is 0 Å². The third-order valence-corrected chi connectivity index (χ3v) is 8.08. The molecule has 5 rings (SSSR count). The molecule has 13 heteroatoms. The Morgan fingerprint density at radius 3 is 2.48 bits per heavy atom. The van der Waals surface area contributed by atoms with Gasteiger partial charge in [0.2, 0.25) is 5.91 Å². The number of carbonyl (C=O) groups excluding carboxylic acids is 1. The van der Waals surface area contributed by atoms with Crippen LogP contribution in [0.25, 0.3) is 17.1 Å². The van der Waals surface area contributed by atoms with E-state index >= 15 is 0 Å². The molecule has 40 heavy (non-hydrogen) atoms. The number of nitrogens with zero attached hydrogens (tertiary/aromatic N) is 4. The van der Waals surface area contributed by atoms with Crippen molar-refractivity contribution >= 4 is 57.3 Å². The lowest BCUT2D eigenvalue weighted by Gasteiger charge is -2.10. The summed E-state index contributed by atoms with van der Waals surface area (Å²) >= 11 is 14.6. The Morgan fingerprint density at radius 1 is 1.00 bits per heavy atom. The zero-order valence-electron chi connectivity index (χ0n) is 20.3. The van der Waals surface area contributed by atoms with Gasteiger partial charge in [-0.1, -0.05) is 65.3 Å². The molecule has 0 fully saturated rings. The number of nitrogens with one attached hydrogen (secondary N) is 1. The van der Waals surface area contributed by atoms with Crippen LogP contribution in [0.2, 0.25) is 10.0 Å². The van der Waals surface area contributed by atoms with Gasteiger partial charge in [-0.15, -0.1) is 21.5 Å². The van der Waals surface area contributed by atoms with Crippen LogP contribution in [0, 0.1) is 0 Å². The van der Waals surface area contributed by atoms with Gasteiger partial charge in [0, 0.05) is 38.8 Å². The predicted octanol–water partition coefficient (Wildman–Crippen LogP) is 8.04. The van der Waals surface area contributed by atoms with Crippen LogP contribution >= 0.6 is 46.3 Å². The fraction of sp³-hybridized carbons (Fsp3) is 0.111. The van der Waals surface area contributed by atoms with Crippen molar-refractivity contribution in [2.75, 3.05) is 11.1 Å². The minimum Gasteiger partial charge on any atom is -0.301 e. The Bertz CT molecular complexity index is 1640. The summed E-state index contributed by atoms with van der Waals surface area (Å²) in [5, 5.41) is 13.0. The molecule has 2 aromatic heterocycles. The molecule has 0 saturated carbocycles. The van der Waals surface area contributed by atoms with E-state index in [0.29, 0.717) is 31.6 Å². The Morgan fingerprint density at radius 2 is 1.75 bits per heavy atom. The van der Waals surface area contributed by atoms with Crippen molar-refractivity contribution in [2.45, 2.75) is 17.8 Å². The first kappa shape index (κ1) is 28.2. The molecule has 1 N–H and O–H groups in total. The molecule has 0 atom stereocenters. The lowest BCUT2D eigenvalue weighted by molar-refractivity contribution is -0.137. The smallest absolute Gasteiger partial charge is 0.301 e. The number of alkyl halides is 3. The molecule has 0 aliphatic rings. The van der Waals surface area contributed by atoms with E-state index < -0.39 is 11.7 Å². The normalized spacial score (nSPS) is 11.5. The maximum atomic E-state index is 13.1. The standard InChI is InChI=1S/C27H18Cl2F3N5OS2/c28-19-7-9-20(10-8-19)37-24(16-4-2-1-3-5-16)35-36-26(37)39-15-23(38)34-25-33-14-21(40-25)13-17-12-18(27(30,31)32)6-11-22(17)29/h1-12,14H,13,15H2,(H,33,34,38). The summed E-state index contributed by atoms with van der Waals surface area (Å²) in [4.78, 5) is 17.6. The quantitative estimate of drug-likeness (QED) is 0.178. The van der Waals surface area contributed by atoms with Crippen molar-refractivity contribution < 1.29 is 18.0 Å². The van der Waals surface area contributed by atoms with Crippen molar-refractivity contribution in [1.82, 2.24) is 19.7 Å². The molecule has 6 nitrogen and oxygen atoms in total. The van der Waals surface area contributed by atoms with Gasteiger partial charge in [0.15, 0.2) is 16.1 Å². The number of thiazole rings is 1. The van der Waals surface area contributed by atoms with Crippen LogP contribution in [-0.2, 0) is 17.4 Å². The van der Waals surface area contributed by atoms with Crippen LogP contribution in [0.15, 0.2) is 84.1 Å². The second-order valence-electron chi connectivity index (χ2n) is 8.43. The molecular weight excluding hydrogens is 602 g/mol. The van der Waals surface area contributed by atoms with Crippen LogP contribution in [-0.4, -0.2) is 31.4 Å². The van der Waals surface area contributed by atoms with Crippen LogP contribution in [0.3, 0.4) is 0 Å². The summed E-state index contributed by atoms with van der Waals surface area (Å²) in [7, 11) is 0. The van der Waals surface area contributed by atoms with E-state index in [1.807, 2.05) is 47.0 Å². The summed E-state index contributed by atoms with van der Waals surface area (Å²) in [6.07, 6.45) is -2.81. The number of anilines is 1. The van der Waals surface area contributed by atoms with Gasteiger partial charge in [0.05, 0.1) is 11.3 Å². The van der Waals surface area contributed by atoms with Crippen molar-refractivity contribution in [3.05, 3.63) is 105 Å². The second-order valence-corrected chi connectivity index (χ2v) is 11.3. The highest BCUT2D eigenvalue weighted by Crippen LogP contribution is 2.34. The number of thioether (sulfide) groups is 1. The van der Waals surface area contributed by atoms with Gasteiger partial charge in [0.1, 0.15) is 0 Å². The van der Waals surface area contributed by atoms with Crippen LogP contribution in [0.5, 0.6) is 0 Å². The number of rotatable bonds is 8. The van der Waals surface area contributed by atoms with Crippen molar-refractivity contribution in [3.8, 4) is 17.1 Å². The highest BCUT2D eigenvalue weighted by Gasteiger charge is 2.31. The first-order chi connectivity index (χ1) is 19.2. The van der Waals surface area contributed by atoms with Crippen LogP contribution < -0.4 is 5.32 Å². The number of hydrogen-bond acceptors (Lipinski definition) is 6. The van der Waals surface area contributed by atoms with E-state index in [4.69, 9.17) is 23.2 Å². The fourth-order valence-electron chi connectivity index (χ4n) is 3.77. The van der Waals surface area contributed by atoms with Crippen LogP contribution in [0.4, 0.5) is 18.3 Å². The first-order valence-electron chi connectivity index (χ1n) is 11.7. The molecule has 0 bridgehead atoms. The van der Waals surface area contributed by atoms with E-state index in [-0.39, 0.29) is 23.1 Å². The molecule has 204 valence electrons. The summed E-state index contributed by atoms with van der Waals surface area (Å²) in [5.41, 5.74) is 1.19. The maximum Gasteiger partial charge on any atom is 0.416 e. The topological polar surface area (TPSA) is 72.7 Å². The predicted molar refractivity (Wildman–Crippen MR) is 153 cm³/mol. The highest BCUT2D eigenvalue weighted by molar-refractivity contribution is 7.99. The van der Waals surface area contributed by atoms with Gasteiger partial charge in [-0.05, 0) is 48.0 Å². The largest absolute Gasteiger partial charge is 0.416 e. The molecule has 0 saturated heterocycles. The SMILES string of the molecule is O=C(CSc1nnc(-c2ccccc2)n1-c1ccc(Cl)cc1)Nc1ncc(Cc2cc(C(F)(F)F)ccc2Cl)s1. The fourth-order valence-corrected chi connectivity index (χ4v) is 5.68. The third kappa shape index (κ3) is 6.67.